The first kappa shape index (κ1) is 13.8. The molecular weight excluding hydrogens is 328 g/mol. The molecule has 1 aromatic carbocycles. The maximum atomic E-state index is 13.5. The maximum Gasteiger partial charge on any atom is 0.416 e. The lowest BCUT2D eigenvalue weighted by Crippen LogP contribution is -2.06. The lowest BCUT2D eigenvalue weighted by Gasteiger charge is -2.12. The Morgan fingerprint density at radius 1 is 1.11 bits per heavy atom. The van der Waals surface area contributed by atoms with Crippen LogP contribution in [0.25, 0.3) is 0 Å². The van der Waals surface area contributed by atoms with Crippen molar-refractivity contribution < 1.29 is 17.6 Å². The fourth-order valence-corrected chi connectivity index (χ4v) is 1.77. The molecule has 0 bridgehead atoms. The normalized spacial score (nSPS) is 11.4. The second-order valence-electron chi connectivity index (χ2n) is 3.67. The van der Waals surface area contributed by atoms with Crippen molar-refractivity contribution in [2.24, 2.45) is 0 Å². The molecule has 0 unspecified atom stereocenters. The first-order valence-electron chi connectivity index (χ1n) is 5.11. The number of alkyl halides is 3. The van der Waals surface area contributed by atoms with Gasteiger partial charge in [0.05, 0.1) is 21.4 Å². The van der Waals surface area contributed by atoms with Gasteiger partial charge in [-0.1, -0.05) is 0 Å². The first-order chi connectivity index (χ1) is 8.88. The number of halogens is 5. The average molecular weight is 335 g/mol. The predicted molar refractivity (Wildman–Crippen MR) is 66.6 cm³/mol. The number of hydrogen-bond donors (Lipinski definition) is 1. The lowest BCUT2D eigenvalue weighted by atomic mass is 10.2. The van der Waals surface area contributed by atoms with Crippen LogP contribution in [0.3, 0.4) is 0 Å². The van der Waals surface area contributed by atoms with Crippen molar-refractivity contribution >= 4 is 27.3 Å². The molecule has 1 aromatic heterocycles. The minimum Gasteiger partial charge on any atom is -0.352 e. The standard InChI is InChI=1S/C12H7BrF4N2/c13-8-6-18-4-3-10(8)19-11-5-7(12(15,16)17)1-2-9(11)14/h1-6H,(H,18,19). The van der Waals surface area contributed by atoms with Gasteiger partial charge < -0.3 is 5.32 Å². The molecule has 100 valence electrons. The predicted octanol–water partition coefficient (Wildman–Crippen LogP) is 4.75. The molecule has 1 heterocycles. The summed E-state index contributed by atoms with van der Waals surface area (Å²) >= 11 is 3.17. The number of benzene rings is 1. The molecule has 0 aliphatic rings. The molecular formula is C12H7BrF4N2. The van der Waals surface area contributed by atoms with Crippen molar-refractivity contribution in [3.05, 3.63) is 52.5 Å². The Hall–Kier alpha value is -1.63. The molecule has 19 heavy (non-hydrogen) atoms. The van der Waals surface area contributed by atoms with Crippen molar-refractivity contribution in [2.75, 3.05) is 5.32 Å². The molecule has 0 atom stereocenters. The molecule has 0 radical (unpaired) electrons. The van der Waals surface area contributed by atoms with Crippen LogP contribution >= 0.6 is 15.9 Å². The molecule has 0 aliphatic heterocycles. The summed E-state index contributed by atoms with van der Waals surface area (Å²) in [6.07, 6.45) is -1.62. The van der Waals surface area contributed by atoms with Gasteiger partial charge in [-0.25, -0.2) is 4.39 Å². The van der Waals surface area contributed by atoms with E-state index in [4.69, 9.17) is 0 Å². The van der Waals surface area contributed by atoms with Gasteiger partial charge in [0, 0.05) is 12.4 Å². The van der Waals surface area contributed by atoms with Crippen LogP contribution in [0.5, 0.6) is 0 Å². The molecule has 0 aliphatic carbocycles. The van der Waals surface area contributed by atoms with Crippen LogP contribution in [0, 0.1) is 5.82 Å². The van der Waals surface area contributed by atoms with Crippen molar-refractivity contribution in [1.29, 1.82) is 0 Å². The van der Waals surface area contributed by atoms with E-state index in [1.807, 2.05) is 0 Å². The largest absolute Gasteiger partial charge is 0.416 e. The van der Waals surface area contributed by atoms with Crippen LogP contribution in [-0.4, -0.2) is 4.98 Å². The van der Waals surface area contributed by atoms with Gasteiger partial charge in [-0.2, -0.15) is 13.2 Å². The van der Waals surface area contributed by atoms with Crippen LogP contribution in [-0.2, 0) is 6.18 Å². The van der Waals surface area contributed by atoms with E-state index < -0.39 is 17.6 Å². The van der Waals surface area contributed by atoms with Crippen LogP contribution in [0.4, 0.5) is 28.9 Å². The molecule has 0 spiro atoms. The molecule has 2 nitrogen and oxygen atoms in total. The summed E-state index contributed by atoms with van der Waals surface area (Å²) in [4.78, 5) is 3.81. The van der Waals surface area contributed by atoms with Gasteiger partial charge in [-0.05, 0) is 40.2 Å². The quantitative estimate of drug-likeness (QED) is 0.802. The van der Waals surface area contributed by atoms with Crippen molar-refractivity contribution in [1.82, 2.24) is 4.98 Å². The molecule has 0 saturated heterocycles. The van der Waals surface area contributed by atoms with Gasteiger partial charge in [-0.15, -0.1) is 0 Å². The SMILES string of the molecule is Fc1ccc(C(F)(F)F)cc1Nc1ccncc1Br. The minimum atomic E-state index is -4.51. The Morgan fingerprint density at radius 3 is 2.47 bits per heavy atom. The Labute approximate surface area is 114 Å². The van der Waals surface area contributed by atoms with Gasteiger partial charge in [-0.3, -0.25) is 4.98 Å². The zero-order valence-electron chi connectivity index (χ0n) is 9.30. The Kier molecular flexibility index (Phi) is 3.75. The Morgan fingerprint density at radius 2 is 1.84 bits per heavy atom. The Bertz CT molecular complexity index is 599. The maximum absolute atomic E-state index is 13.5. The smallest absolute Gasteiger partial charge is 0.352 e. The number of rotatable bonds is 2. The second kappa shape index (κ2) is 5.16. The number of nitrogens with zero attached hydrogens (tertiary/aromatic N) is 1. The lowest BCUT2D eigenvalue weighted by molar-refractivity contribution is -0.137. The van der Waals surface area contributed by atoms with Crippen molar-refractivity contribution in [3.63, 3.8) is 0 Å². The van der Waals surface area contributed by atoms with Crippen LogP contribution in [0.15, 0.2) is 41.1 Å². The molecule has 0 fully saturated rings. The van der Waals surface area contributed by atoms with E-state index in [9.17, 15) is 17.6 Å². The summed E-state index contributed by atoms with van der Waals surface area (Å²) in [5.41, 5.74) is -0.739. The third-order valence-electron chi connectivity index (χ3n) is 2.34. The highest BCUT2D eigenvalue weighted by molar-refractivity contribution is 9.10. The number of aromatic nitrogens is 1. The summed E-state index contributed by atoms with van der Waals surface area (Å²) in [6, 6.07) is 3.72. The van der Waals surface area contributed by atoms with E-state index in [0.717, 1.165) is 12.1 Å². The van der Waals surface area contributed by atoms with Crippen LogP contribution in [0.1, 0.15) is 5.56 Å². The molecule has 7 heteroatoms. The monoisotopic (exact) mass is 334 g/mol. The number of hydrogen-bond acceptors (Lipinski definition) is 2. The van der Waals surface area contributed by atoms with Gasteiger partial charge in [0.25, 0.3) is 0 Å². The highest BCUT2D eigenvalue weighted by Gasteiger charge is 2.31. The topological polar surface area (TPSA) is 24.9 Å². The molecule has 2 aromatic rings. The molecule has 1 N–H and O–H groups in total. The summed E-state index contributed by atoms with van der Waals surface area (Å²) in [7, 11) is 0. The van der Waals surface area contributed by atoms with E-state index >= 15 is 0 Å². The summed E-state index contributed by atoms with van der Waals surface area (Å²) in [6.45, 7) is 0. The third kappa shape index (κ3) is 3.23. The average Bonchev–Trinajstić information content (AvgIpc) is 2.33. The van der Waals surface area contributed by atoms with E-state index in [2.05, 4.69) is 26.2 Å². The van der Waals surface area contributed by atoms with E-state index in [1.54, 1.807) is 0 Å². The fourth-order valence-electron chi connectivity index (χ4n) is 1.42. The second-order valence-corrected chi connectivity index (χ2v) is 4.53. The number of pyridine rings is 1. The van der Waals surface area contributed by atoms with Crippen molar-refractivity contribution in [2.45, 2.75) is 6.18 Å². The summed E-state index contributed by atoms with van der Waals surface area (Å²) < 4.78 is 51.7. The zero-order chi connectivity index (χ0) is 14.0. The third-order valence-corrected chi connectivity index (χ3v) is 2.97. The molecule has 0 amide bonds. The molecule has 2 rings (SSSR count). The fraction of sp³-hybridized carbons (Fsp3) is 0.0833. The van der Waals surface area contributed by atoms with Gasteiger partial charge in [0.1, 0.15) is 5.82 Å². The highest BCUT2D eigenvalue weighted by atomic mass is 79.9. The summed E-state index contributed by atoms with van der Waals surface area (Å²) in [5, 5.41) is 2.59. The van der Waals surface area contributed by atoms with E-state index in [1.165, 1.54) is 18.5 Å². The highest BCUT2D eigenvalue weighted by Crippen LogP contribution is 2.33. The van der Waals surface area contributed by atoms with Gasteiger partial charge in [0.2, 0.25) is 0 Å². The number of anilines is 2. The zero-order valence-corrected chi connectivity index (χ0v) is 10.9. The minimum absolute atomic E-state index is 0.248. The van der Waals surface area contributed by atoms with Gasteiger partial charge in [0.15, 0.2) is 0 Å². The molecule has 0 saturated carbocycles. The van der Waals surface area contributed by atoms with Crippen LogP contribution < -0.4 is 5.32 Å². The van der Waals surface area contributed by atoms with Crippen molar-refractivity contribution in [3.8, 4) is 0 Å². The Balaban J connectivity index is 2.38. The number of nitrogens with one attached hydrogen (secondary N) is 1. The van der Waals surface area contributed by atoms with Crippen LogP contribution in [0.2, 0.25) is 0 Å². The van der Waals surface area contributed by atoms with E-state index in [0.29, 0.717) is 16.2 Å². The first-order valence-corrected chi connectivity index (χ1v) is 5.90. The van der Waals surface area contributed by atoms with Gasteiger partial charge >= 0.3 is 6.18 Å². The van der Waals surface area contributed by atoms with E-state index in [-0.39, 0.29) is 5.69 Å². The summed E-state index contributed by atoms with van der Waals surface area (Å²) in [5.74, 6) is -0.767.